The van der Waals surface area contributed by atoms with Crippen molar-refractivity contribution in [2.24, 2.45) is 0 Å². The zero-order chi connectivity index (χ0) is 15.5. The molecule has 21 heavy (non-hydrogen) atoms. The van der Waals surface area contributed by atoms with Gasteiger partial charge in [0.1, 0.15) is 11.5 Å². The van der Waals surface area contributed by atoms with Crippen molar-refractivity contribution in [3.8, 4) is 22.6 Å². The highest BCUT2D eigenvalue weighted by molar-refractivity contribution is 5.81. The minimum atomic E-state index is -5.03. The van der Waals surface area contributed by atoms with Gasteiger partial charge in [0.15, 0.2) is 0 Å². The molecular formula is C15H11F3O3. The Morgan fingerprint density at radius 1 is 1.00 bits per heavy atom. The third-order valence-corrected chi connectivity index (χ3v) is 2.72. The molecule has 0 aliphatic carbocycles. The SMILES string of the molecule is COc1ccc(-c2ccccc2OC(=O)C(F)(F)F)cc1. The average molecular weight is 296 g/mol. The van der Waals surface area contributed by atoms with Gasteiger partial charge in [-0.25, -0.2) is 4.79 Å². The number of benzene rings is 2. The number of halogens is 3. The predicted octanol–water partition coefficient (Wildman–Crippen LogP) is 3.83. The smallest absolute Gasteiger partial charge is 0.491 e. The Labute approximate surface area is 118 Å². The van der Waals surface area contributed by atoms with E-state index in [2.05, 4.69) is 4.74 Å². The van der Waals surface area contributed by atoms with E-state index in [1.165, 1.54) is 19.2 Å². The van der Waals surface area contributed by atoms with Gasteiger partial charge in [0.25, 0.3) is 0 Å². The van der Waals surface area contributed by atoms with Gasteiger partial charge in [-0.3, -0.25) is 0 Å². The lowest BCUT2D eigenvalue weighted by atomic mass is 10.0. The van der Waals surface area contributed by atoms with Crippen molar-refractivity contribution in [2.45, 2.75) is 6.18 Å². The molecule has 0 heterocycles. The summed E-state index contributed by atoms with van der Waals surface area (Å²) in [5, 5.41) is 0. The number of hydrogen-bond donors (Lipinski definition) is 0. The fourth-order valence-electron chi connectivity index (χ4n) is 1.72. The largest absolute Gasteiger partial charge is 0.497 e. The summed E-state index contributed by atoms with van der Waals surface area (Å²) in [7, 11) is 1.51. The molecule has 0 N–H and O–H groups in total. The van der Waals surface area contributed by atoms with Gasteiger partial charge in [-0.1, -0.05) is 30.3 Å². The Bertz CT molecular complexity index is 633. The molecule has 2 rings (SSSR count). The first-order valence-electron chi connectivity index (χ1n) is 5.94. The highest BCUT2D eigenvalue weighted by Gasteiger charge is 2.41. The van der Waals surface area contributed by atoms with E-state index in [0.29, 0.717) is 16.9 Å². The highest BCUT2D eigenvalue weighted by atomic mass is 19.4. The molecule has 0 atom stereocenters. The Balaban J connectivity index is 2.34. The quantitative estimate of drug-likeness (QED) is 0.638. The van der Waals surface area contributed by atoms with Crippen molar-refractivity contribution in [3.05, 3.63) is 48.5 Å². The van der Waals surface area contributed by atoms with Crippen LogP contribution in [0.4, 0.5) is 13.2 Å². The number of carbonyl (C=O) groups excluding carboxylic acids is 1. The van der Waals surface area contributed by atoms with Crippen LogP contribution < -0.4 is 9.47 Å². The van der Waals surface area contributed by atoms with Crippen LogP contribution in [-0.2, 0) is 4.79 Å². The summed E-state index contributed by atoms with van der Waals surface area (Å²) in [6, 6.07) is 12.7. The van der Waals surface area contributed by atoms with Gasteiger partial charge in [0.2, 0.25) is 0 Å². The predicted molar refractivity (Wildman–Crippen MR) is 70.1 cm³/mol. The standard InChI is InChI=1S/C15H11F3O3/c1-20-11-8-6-10(7-9-11)12-4-2-3-5-13(12)21-14(19)15(16,17)18/h2-9H,1H3. The number of methoxy groups -OCH3 is 1. The van der Waals surface area contributed by atoms with Crippen molar-refractivity contribution in [1.82, 2.24) is 0 Å². The van der Waals surface area contributed by atoms with Gasteiger partial charge in [0.05, 0.1) is 7.11 Å². The fraction of sp³-hybridized carbons (Fsp3) is 0.133. The summed E-state index contributed by atoms with van der Waals surface area (Å²) in [5.41, 5.74) is 0.999. The molecule has 0 spiro atoms. The lowest BCUT2D eigenvalue weighted by Gasteiger charge is -2.11. The number of ether oxygens (including phenoxy) is 2. The minimum Gasteiger partial charge on any atom is -0.497 e. The first-order chi connectivity index (χ1) is 9.91. The molecule has 0 saturated carbocycles. The first kappa shape index (κ1) is 14.9. The van der Waals surface area contributed by atoms with Crippen molar-refractivity contribution < 1.29 is 27.4 Å². The highest BCUT2D eigenvalue weighted by Crippen LogP contribution is 2.32. The van der Waals surface area contributed by atoms with Crippen LogP contribution in [0.5, 0.6) is 11.5 Å². The van der Waals surface area contributed by atoms with Gasteiger partial charge in [0, 0.05) is 5.56 Å². The maximum Gasteiger partial charge on any atom is 0.491 e. The molecule has 0 aliphatic rings. The van der Waals surface area contributed by atoms with Crippen molar-refractivity contribution in [2.75, 3.05) is 7.11 Å². The average Bonchev–Trinajstić information content (AvgIpc) is 2.47. The number of para-hydroxylation sites is 1. The van der Waals surface area contributed by atoms with Gasteiger partial charge in [-0.05, 0) is 23.8 Å². The van der Waals surface area contributed by atoms with Crippen LogP contribution in [0.15, 0.2) is 48.5 Å². The summed E-state index contributed by atoms with van der Waals surface area (Å²) in [5.74, 6) is -1.78. The number of rotatable bonds is 3. The van der Waals surface area contributed by atoms with Gasteiger partial charge < -0.3 is 9.47 Å². The zero-order valence-corrected chi connectivity index (χ0v) is 11.0. The Morgan fingerprint density at radius 3 is 2.19 bits per heavy atom. The monoisotopic (exact) mass is 296 g/mol. The third-order valence-electron chi connectivity index (χ3n) is 2.72. The molecule has 0 bridgehead atoms. The topological polar surface area (TPSA) is 35.5 Å². The van der Waals surface area contributed by atoms with Crippen LogP contribution in [0, 0.1) is 0 Å². The summed E-state index contributed by atoms with van der Waals surface area (Å²) < 4.78 is 46.3. The Kier molecular flexibility index (Phi) is 4.16. The lowest BCUT2D eigenvalue weighted by molar-refractivity contribution is -0.189. The Morgan fingerprint density at radius 2 is 1.62 bits per heavy atom. The Hall–Kier alpha value is -2.50. The second-order valence-electron chi connectivity index (χ2n) is 4.11. The lowest BCUT2D eigenvalue weighted by Crippen LogP contribution is -2.28. The van der Waals surface area contributed by atoms with Crippen molar-refractivity contribution in [1.29, 1.82) is 0 Å². The molecule has 0 radical (unpaired) electrons. The molecule has 6 heteroatoms. The van der Waals surface area contributed by atoms with E-state index >= 15 is 0 Å². The molecule has 0 aromatic heterocycles. The molecule has 0 saturated heterocycles. The molecule has 0 aliphatic heterocycles. The normalized spacial score (nSPS) is 11.0. The molecule has 2 aromatic carbocycles. The van der Waals surface area contributed by atoms with E-state index in [0.717, 1.165) is 0 Å². The number of carbonyl (C=O) groups is 1. The molecule has 0 amide bonds. The maximum atomic E-state index is 12.3. The van der Waals surface area contributed by atoms with Crippen LogP contribution in [0.25, 0.3) is 11.1 Å². The second kappa shape index (κ2) is 5.87. The van der Waals surface area contributed by atoms with E-state index in [1.807, 2.05) is 0 Å². The summed E-state index contributed by atoms with van der Waals surface area (Å²) in [6.07, 6.45) is -5.03. The molecular weight excluding hydrogens is 285 g/mol. The molecule has 2 aromatic rings. The van der Waals surface area contributed by atoms with E-state index in [-0.39, 0.29) is 5.75 Å². The number of alkyl halides is 3. The summed E-state index contributed by atoms with van der Waals surface area (Å²) >= 11 is 0. The van der Waals surface area contributed by atoms with Crippen LogP contribution in [-0.4, -0.2) is 19.3 Å². The number of hydrogen-bond acceptors (Lipinski definition) is 3. The van der Waals surface area contributed by atoms with Crippen molar-refractivity contribution >= 4 is 5.97 Å². The van der Waals surface area contributed by atoms with Crippen LogP contribution >= 0.6 is 0 Å². The summed E-state index contributed by atoms with van der Waals surface area (Å²) in [6.45, 7) is 0. The molecule has 3 nitrogen and oxygen atoms in total. The van der Waals surface area contributed by atoms with Crippen LogP contribution in [0.1, 0.15) is 0 Å². The van der Waals surface area contributed by atoms with Gasteiger partial charge in [-0.2, -0.15) is 13.2 Å². The first-order valence-corrected chi connectivity index (χ1v) is 5.94. The van der Waals surface area contributed by atoms with Crippen LogP contribution in [0.2, 0.25) is 0 Å². The van der Waals surface area contributed by atoms with E-state index in [9.17, 15) is 18.0 Å². The van der Waals surface area contributed by atoms with Crippen LogP contribution in [0.3, 0.4) is 0 Å². The molecule has 0 fully saturated rings. The van der Waals surface area contributed by atoms with Gasteiger partial charge >= 0.3 is 12.1 Å². The maximum absolute atomic E-state index is 12.3. The molecule has 110 valence electrons. The van der Waals surface area contributed by atoms with Crippen molar-refractivity contribution in [3.63, 3.8) is 0 Å². The minimum absolute atomic E-state index is 0.148. The van der Waals surface area contributed by atoms with E-state index < -0.39 is 12.1 Å². The van der Waals surface area contributed by atoms with Gasteiger partial charge in [-0.15, -0.1) is 0 Å². The van der Waals surface area contributed by atoms with E-state index in [1.54, 1.807) is 36.4 Å². The third kappa shape index (κ3) is 3.53. The zero-order valence-electron chi connectivity index (χ0n) is 11.0. The van der Waals surface area contributed by atoms with E-state index in [4.69, 9.17) is 4.74 Å². The summed E-state index contributed by atoms with van der Waals surface area (Å²) in [4.78, 5) is 11.0. The number of esters is 1. The molecule has 0 unspecified atom stereocenters. The fourth-order valence-corrected chi connectivity index (χ4v) is 1.72. The second-order valence-corrected chi connectivity index (χ2v) is 4.11.